The quantitative estimate of drug-likeness (QED) is 0.859. The van der Waals surface area contributed by atoms with E-state index in [4.69, 9.17) is 0 Å². The number of phenolic OH excluding ortho intramolecular Hbond substituents is 1. The molecule has 1 aromatic rings. The van der Waals surface area contributed by atoms with Crippen LogP contribution >= 0.6 is 27.7 Å². The van der Waals surface area contributed by atoms with Crippen molar-refractivity contribution < 1.29 is 9.90 Å². The summed E-state index contributed by atoms with van der Waals surface area (Å²) in [5.74, 6) is 1.04. The summed E-state index contributed by atoms with van der Waals surface area (Å²) in [4.78, 5) is 10.7. The fourth-order valence-electron chi connectivity index (χ4n) is 1.14. The Bertz CT molecular complexity index is 402. The maximum Gasteiger partial charge on any atom is 0.185 e. The molecule has 0 amide bonds. The lowest BCUT2D eigenvalue weighted by Gasteiger charge is -1.99. The van der Waals surface area contributed by atoms with Gasteiger partial charge in [0, 0.05) is 22.7 Å². The molecule has 0 spiro atoms. The van der Waals surface area contributed by atoms with Gasteiger partial charge in [-0.1, -0.05) is 45.9 Å². The van der Waals surface area contributed by atoms with E-state index in [0.29, 0.717) is 0 Å². The number of allylic oxidation sites excluding steroid dienone is 1. The standard InChI is InChI=1S/C12H13BrO2S/c1-9(14)16-7-3-2-4-10-5-6-11(13)8-12(10)15/h2,4-6,8,15H,3,7H2,1H3. The summed E-state index contributed by atoms with van der Waals surface area (Å²) >= 11 is 4.59. The Kier molecular flexibility index (Phi) is 5.63. The topological polar surface area (TPSA) is 37.3 Å². The molecule has 86 valence electrons. The van der Waals surface area contributed by atoms with Gasteiger partial charge in [0.1, 0.15) is 5.75 Å². The Morgan fingerprint density at radius 2 is 2.31 bits per heavy atom. The van der Waals surface area contributed by atoms with Gasteiger partial charge >= 0.3 is 0 Å². The zero-order chi connectivity index (χ0) is 12.0. The molecule has 0 heterocycles. The highest BCUT2D eigenvalue weighted by Gasteiger charge is 1.97. The van der Waals surface area contributed by atoms with E-state index < -0.39 is 0 Å². The van der Waals surface area contributed by atoms with E-state index in [9.17, 15) is 9.90 Å². The first-order chi connectivity index (χ1) is 7.59. The van der Waals surface area contributed by atoms with Gasteiger partial charge in [-0.15, -0.1) is 0 Å². The second kappa shape index (κ2) is 6.76. The summed E-state index contributed by atoms with van der Waals surface area (Å²) in [7, 11) is 0. The Hall–Kier alpha value is -0.740. The van der Waals surface area contributed by atoms with Crippen LogP contribution in [0.4, 0.5) is 0 Å². The van der Waals surface area contributed by atoms with E-state index in [2.05, 4.69) is 15.9 Å². The lowest BCUT2D eigenvalue weighted by atomic mass is 10.2. The smallest absolute Gasteiger partial charge is 0.185 e. The lowest BCUT2D eigenvalue weighted by Crippen LogP contribution is -1.83. The Morgan fingerprint density at radius 1 is 1.56 bits per heavy atom. The molecule has 1 aromatic carbocycles. The molecule has 0 bridgehead atoms. The van der Waals surface area contributed by atoms with Crippen molar-refractivity contribution in [2.24, 2.45) is 0 Å². The highest BCUT2D eigenvalue weighted by atomic mass is 79.9. The highest BCUT2D eigenvalue weighted by molar-refractivity contribution is 9.10. The van der Waals surface area contributed by atoms with Gasteiger partial charge in [-0.05, 0) is 18.6 Å². The fourth-order valence-corrected chi connectivity index (χ4v) is 2.03. The third-order valence-corrected chi connectivity index (χ3v) is 3.22. The summed E-state index contributed by atoms with van der Waals surface area (Å²) in [5.41, 5.74) is 0.788. The number of halogens is 1. The van der Waals surface area contributed by atoms with Gasteiger partial charge in [0.25, 0.3) is 0 Å². The molecule has 2 nitrogen and oxygen atoms in total. The first-order valence-electron chi connectivity index (χ1n) is 4.88. The fraction of sp³-hybridized carbons (Fsp3) is 0.250. The van der Waals surface area contributed by atoms with Crippen LogP contribution in [-0.4, -0.2) is 16.0 Å². The van der Waals surface area contributed by atoms with Crippen molar-refractivity contribution >= 4 is 38.9 Å². The predicted octanol–water partition coefficient (Wildman–Crippen LogP) is 3.84. The van der Waals surface area contributed by atoms with Gasteiger partial charge in [0.15, 0.2) is 5.12 Å². The number of hydrogen-bond acceptors (Lipinski definition) is 3. The van der Waals surface area contributed by atoms with Crippen molar-refractivity contribution in [1.29, 1.82) is 0 Å². The van der Waals surface area contributed by atoms with Gasteiger partial charge in [-0.3, -0.25) is 4.79 Å². The molecular weight excluding hydrogens is 288 g/mol. The normalized spacial score (nSPS) is 10.9. The molecule has 0 aromatic heterocycles. The SMILES string of the molecule is CC(=O)SCCC=Cc1ccc(Br)cc1O. The van der Waals surface area contributed by atoms with E-state index in [1.165, 1.54) is 11.8 Å². The van der Waals surface area contributed by atoms with E-state index in [1.54, 1.807) is 13.0 Å². The molecule has 0 aliphatic rings. The maximum atomic E-state index is 10.7. The molecule has 0 saturated carbocycles. The summed E-state index contributed by atoms with van der Waals surface area (Å²) in [6, 6.07) is 5.38. The Morgan fingerprint density at radius 3 is 2.94 bits per heavy atom. The average Bonchev–Trinajstić information content (AvgIpc) is 2.20. The first-order valence-corrected chi connectivity index (χ1v) is 6.66. The molecule has 1 N–H and O–H groups in total. The van der Waals surface area contributed by atoms with E-state index in [-0.39, 0.29) is 10.9 Å². The number of benzene rings is 1. The summed E-state index contributed by atoms with van der Waals surface area (Å²) in [6.07, 6.45) is 4.64. The van der Waals surface area contributed by atoms with Crippen LogP contribution in [-0.2, 0) is 4.79 Å². The van der Waals surface area contributed by atoms with Gasteiger partial charge in [0.05, 0.1) is 0 Å². The lowest BCUT2D eigenvalue weighted by molar-refractivity contribution is -0.109. The van der Waals surface area contributed by atoms with Crippen molar-refractivity contribution in [2.45, 2.75) is 13.3 Å². The number of carbonyl (C=O) groups excluding carboxylic acids is 1. The molecule has 4 heteroatoms. The number of aromatic hydroxyl groups is 1. The molecule has 0 radical (unpaired) electrons. The van der Waals surface area contributed by atoms with Crippen LogP contribution in [0, 0.1) is 0 Å². The Balaban J connectivity index is 2.47. The highest BCUT2D eigenvalue weighted by Crippen LogP contribution is 2.23. The van der Waals surface area contributed by atoms with Gasteiger partial charge < -0.3 is 5.11 Å². The van der Waals surface area contributed by atoms with Crippen LogP contribution in [0.3, 0.4) is 0 Å². The number of hydrogen-bond donors (Lipinski definition) is 1. The van der Waals surface area contributed by atoms with E-state index in [1.807, 2.05) is 24.3 Å². The van der Waals surface area contributed by atoms with Crippen molar-refractivity contribution in [3.63, 3.8) is 0 Å². The monoisotopic (exact) mass is 300 g/mol. The molecule has 0 aliphatic heterocycles. The van der Waals surface area contributed by atoms with E-state index in [0.717, 1.165) is 22.2 Å². The molecular formula is C12H13BrO2S. The molecule has 1 rings (SSSR count). The van der Waals surface area contributed by atoms with E-state index >= 15 is 0 Å². The molecule has 16 heavy (non-hydrogen) atoms. The minimum absolute atomic E-state index is 0.139. The van der Waals surface area contributed by atoms with Crippen molar-refractivity contribution in [2.75, 3.05) is 5.75 Å². The minimum Gasteiger partial charge on any atom is -0.507 e. The largest absolute Gasteiger partial charge is 0.507 e. The van der Waals surface area contributed by atoms with Crippen LogP contribution in [0.15, 0.2) is 28.7 Å². The predicted molar refractivity (Wildman–Crippen MR) is 72.6 cm³/mol. The van der Waals surface area contributed by atoms with Crippen LogP contribution < -0.4 is 0 Å². The summed E-state index contributed by atoms with van der Waals surface area (Å²) < 4.78 is 0.856. The van der Waals surface area contributed by atoms with Crippen molar-refractivity contribution in [3.05, 3.63) is 34.3 Å². The third-order valence-electron chi connectivity index (χ3n) is 1.88. The molecule has 0 aliphatic carbocycles. The second-order valence-electron chi connectivity index (χ2n) is 3.23. The second-order valence-corrected chi connectivity index (χ2v) is 5.42. The summed E-state index contributed by atoms with van der Waals surface area (Å²) in [5, 5.41) is 9.73. The van der Waals surface area contributed by atoms with Gasteiger partial charge in [0.2, 0.25) is 0 Å². The molecule has 0 atom stereocenters. The van der Waals surface area contributed by atoms with Crippen LogP contribution in [0.1, 0.15) is 18.9 Å². The zero-order valence-electron chi connectivity index (χ0n) is 8.94. The van der Waals surface area contributed by atoms with Gasteiger partial charge in [-0.25, -0.2) is 0 Å². The van der Waals surface area contributed by atoms with Crippen molar-refractivity contribution in [3.8, 4) is 5.75 Å². The maximum absolute atomic E-state index is 10.7. The minimum atomic E-state index is 0.139. The molecule has 0 fully saturated rings. The number of rotatable bonds is 4. The Labute approximate surface area is 108 Å². The average molecular weight is 301 g/mol. The van der Waals surface area contributed by atoms with Crippen molar-refractivity contribution in [1.82, 2.24) is 0 Å². The number of carbonyl (C=O) groups is 1. The van der Waals surface area contributed by atoms with Crippen LogP contribution in [0.2, 0.25) is 0 Å². The molecule has 0 saturated heterocycles. The first kappa shape index (κ1) is 13.3. The number of thioether (sulfide) groups is 1. The van der Waals surface area contributed by atoms with Crippen LogP contribution in [0.25, 0.3) is 6.08 Å². The molecule has 0 unspecified atom stereocenters. The third kappa shape index (κ3) is 4.86. The number of phenols is 1. The summed E-state index contributed by atoms with van der Waals surface area (Å²) in [6.45, 7) is 1.56. The van der Waals surface area contributed by atoms with Crippen LogP contribution in [0.5, 0.6) is 5.75 Å². The zero-order valence-corrected chi connectivity index (χ0v) is 11.3. The van der Waals surface area contributed by atoms with Gasteiger partial charge in [-0.2, -0.15) is 0 Å².